The molecule has 0 fully saturated rings. The van der Waals surface area contributed by atoms with Crippen molar-refractivity contribution in [1.82, 2.24) is 9.55 Å². The predicted molar refractivity (Wildman–Crippen MR) is 78.8 cm³/mol. The zero-order valence-electron chi connectivity index (χ0n) is 10.9. The topological polar surface area (TPSA) is 29.9 Å². The maximum absolute atomic E-state index is 4.51. The lowest BCUT2D eigenvalue weighted by Crippen LogP contribution is -2.08. The lowest BCUT2D eigenvalue weighted by molar-refractivity contribution is 0.604. The molecular formula is C14H18BrN3. The summed E-state index contributed by atoms with van der Waals surface area (Å²) < 4.78 is 3.26. The van der Waals surface area contributed by atoms with Gasteiger partial charge in [-0.3, -0.25) is 0 Å². The first kappa shape index (κ1) is 13.1. The van der Waals surface area contributed by atoms with Gasteiger partial charge in [0, 0.05) is 23.3 Å². The molecular weight excluding hydrogens is 290 g/mol. The van der Waals surface area contributed by atoms with Crippen LogP contribution in [0.5, 0.6) is 0 Å². The van der Waals surface area contributed by atoms with Crippen LogP contribution < -0.4 is 5.32 Å². The zero-order valence-corrected chi connectivity index (χ0v) is 12.5. The minimum Gasteiger partial charge on any atom is -0.352 e. The molecule has 1 aromatic heterocycles. The third-order valence-electron chi connectivity index (χ3n) is 2.77. The maximum Gasteiger partial charge on any atom is 0.203 e. The number of aryl methyl sites for hydroxylation is 1. The van der Waals surface area contributed by atoms with E-state index in [1.165, 1.54) is 5.56 Å². The van der Waals surface area contributed by atoms with Crippen molar-refractivity contribution in [3.05, 3.63) is 46.2 Å². The van der Waals surface area contributed by atoms with E-state index in [9.17, 15) is 0 Å². The van der Waals surface area contributed by atoms with E-state index in [0.29, 0.717) is 6.04 Å². The zero-order chi connectivity index (χ0) is 13.1. The van der Waals surface area contributed by atoms with Gasteiger partial charge in [-0.2, -0.15) is 0 Å². The number of hydrogen-bond donors (Lipinski definition) is 1. The Bertz CT molecular complexity index is 514. The fraction of sp³-hybridized carbons (Fsp3) is 0.357. The molecule has 1 aromatic carbocycles. The first-order valence-corrected chi connectivity index (χ1v) is 6.89. The molecule has 0 spiro atoms. The first-order chi connectivity index (χ1) is 8.56. The average molecular weight is 308 g/mol. The van der Waals surface area contributed by atoms with E-state index in [4.69, 9.17) is 0 Å². The number of rotatable bonds is 4. The summed E-state index contributed by atoms with van der Waals surface area (Å²) in [6.45, 7) is 7.12. The van der Waals surface area contributed by atoms with E-state index >= 15 is 0 Å². The summed E-state index contributed by atoms with van der Waals surface area (Å²) in [6.07, 6.45) is 2.08. The van der Waals surface area contributed by atoms with Gasteiger partial charge >= 0.3 is 0 Å². The number of nitrogens with zero attached hydrogens (tertiary/aromatic N) is 2. The number of imidazole rings is 1. The summed E-state index contributed by atoms with van der Waals surface area (Å²) in [7, 11) is 0. The number of benzene rings is 1. The Labute approximate surface area is 116 Å². The van der Waals surface area contributed by atoms with Crippen molar-refractivity contribution in [1.29, 1.82) is 0 Å². The van der Waals surface area contributed by atoms with E-state index in [0.717, 1.165) is 22.7 Å². The molecule has 0 aliphatic carbocycles. The quantitative estimate of drug-likeness (QED) is 0.919. The molecule has 2 rings (SSSR count). The first-order valence-electron chi connectivity index (χ1n) is 6.10. The Kier molecular flexibility index (Phi) is 4.07. The van der Waals surface area contributed by atoms with Gasteiger partial charge in [0.15, 0.2) is 0 Å². The molecule has 0 saturated heterocycles. The SMILES string of the molecule is Cc1cn(C(C)C)c(NCc2ccc(Br)cc2)n1. The summed E-state index contributed by atoms with van der Waals surface area (Å²) in [5.74, 6) is 0.936. The highest BCUT2D eigenvalue weighted by molar-refractivity contribution is 9.10. The Balaban J connectivity index is 2.08. The van der Waals surface area contributed by atoms with Crippen LogP contribution in [0, 0.1) is 6.92 Å². The number of anilines is 1. The molecule has 3 nitrogen and oxygen atoms in total. The van der Waals surface area contributed by atoms with Gasteiger partial charge < -0.3 is 9.88 Å². The standard InChI is InChI=1S/C14H18BrN3/c1-10(2)18-9-11(3)17-14(18)16-8-12-4-6-13(15)7-5-12/h4-7,9-10H,8H2,1-3H3,(H,16,17). The lowest BCUT2D eigenvalue weighted by Gasteiger charge is -2.12. The summed E-state index contributed by atoms with van der Waals surface area (Å²) in [5, 5.41) is 3.39. The summed E-state index contributed by atoms with van der Waals surface area (Å²) in [6, 6.07) is 8.73. The Hall–Kier alpha value is -1.29. The number of aromatic nitrogens is 2. The summed E-state index contributed by atoms with van der Waals surface area (Å²) in [5.41, 5.74) is 2.29. The molecule has 0 unspecified atom stereocenters. The fourth-order valence-corrected chi connectivity index (χ4v) is 2.09. The molecule has 0 radical (unpaired) electrons. The second-order valence-corrected chi connectivity index (χ2v) is 5.60. The van der Waals surface area contributed by atoms with Crippen molar-refractivity contribution in [2.45, 2.75) is 33.4 Å². The number of halogens is 1. The molecule has 0 amide bonds. The third kappa shape index (κ3) is 3.13. The van der Waals surface area contributed by atoms with Crippen LogP contribution in [0.2, 0.25) is 0 Å². The summed E-state index contributed by atoms with van der Waals surface area (Å²) >= 11 is 3.44. The lowest BCUT2D eigenvalue weighted by atomic mass is 10.2. The molecule has 0 aliphatic rings. The van der Waals surface area contributed by atoms with Crippen LogP contribution in [0.25, 0.3) is 0 Å². The Morgan fingerprint density at radius 2 is 1.94 bits per heavy atom. The Morgan fingerprint density at radius 3 is 2.56 bits per heavy atom. The van der Waals surface area contributed by atoms with Crippen LogP contribution in [-0.4, -0.2) is 9.55 Å². The Morgan fingerprint density at radius 1 is 1.28 bits per heavy atom. The van der Waals surface area contributed by atoms with Crippen molar-refractivity contribution >= 4 is 21.9 Å². The van der Waals surface area contributed by atoms with Crippen LogP contribution in [0.1, 0.15) is 31.1 Å². The fourth-order valence-electron chi connectivity index (χ4n) is 1.82. The molecule has 18 heavy (non-hydrogen) atoms. The molecule has 0 aliphatic heterocycles. The average Bonchev–Trinajstić information content (AvgIpc) is 2.70. The van der Waals surface area contributed by atoms with E-state index in [1.54, 1.807) is 0 Å². The van der Waals surface area contributed by atoms with Crippen LogP contribution in [0.4, 0.5) is 5.95 Å². The second-order valence-electron chi connectivity index (χ2n) is 4.69. The molecule has 2 aromatic rings. The van der Waals surface area contributed by atoms with E-state index in [-0.39, 0.29) is 0 Å². The predicted octanol–water partition coefficient (Wildman–Crippen LogP) is 4.15. The molecule has 1 N–H and O–H groups in total. The molecule has 96 valence electrons. The van der Waals surface area contributed by atoms with Crippen molar-refractivity contribution in [2.75, 3.05) is 5.32 Å². The van der Waals surface area contributed by atoms with Gasteiger partial charge in [0.25, 0.3) is 0 Å². The highest BCUT2D eigenvalue weighted by atomic mass is 79.9. The number of nitrogens with one attached hydrogen (secondary N) is 1. The van der Waals surface area contributed by atoms with Crippen LogP contribution >= 0.6 is 15.9 Å². The normalized spacial score (nSPS) is 10.9. The van der Waals surface area contributed by atoms with E-state index in [2.05, 4.69) is 75.1 Å². The molecule has 0 atom stereocenters. The highest BCUT2D eigenvalue weighted by Gasteiger charge is 2.07. The van der Waals surface area contributed by atoms with Crippen molar-refractivity contribution in [3.63, 3.8) is 0 Å². The van der Waals surface area contributed by atoms with Crippen molar-refractivity contribution in [2.24, 2.45) is 0 Å². The summed E-state index contributed by atoms with van der Waals surface area (Å²) in [4.78, 5) is 4.51. The van der Waals surface area contributed by atoms with Gasteiger partial charge in [-0.15, -0.1) is 0 Å². The molecule has 0 bridgehead atoms. The van der Waals surface area contributed by atoms with Crippen LogP contribution in [0.15, 0.2) is 34.9 Å². The molecule has 4 heteroatoms. The van der Waals surface area contributed by atoms with Gasteiger partial charge in [0.05, 0.1) is 5.69 Å². The van der Waals surface area contributed by atoms with E-state index in [1.807, 2.05) is 6.92 Å². The highest BCUT2D eigenvalue weighted by Crippen LogP contribution is 2.17. The molecule has 0 saturated carbocycles. The second kappa shape index (κ2) is 5.57. The van der Waals surface area contributed by atoms with E-state index < -0.39 is 0 Å². The third-order valence-corrected chi connectivity index (χ3v) is 3.30. The van der Waals surface area contributed by atoms with Crippen molar-refractivity contribution < 1.29 is 0 Å². The molecule has 1 heterocycles. The largest absolute Gasteiger partial charge is 0.352 e. The van der Waals surface area contributed by atoms with Gasteiger partial charge in [0.2, 0.25) is 5.95 Å². The monoisotopic (exact) mass is 307 g/mol. The smallest absolute Gasteiger partial charge is 0.203 e. The van der Waals surface area contributed by atoms with Gasteiger partial charge in [-0.25, -0.2) is 4.98 Å². The van der Waals surface area contributed by atoms with Gasteiger partial charge in [-0.05, 0) is 38.5 Å². The van der Waals surface area contributed by atoms with Crippen molar-refractivity contribution in [3.8, 4) is 0 Å². The maximum atomic E-state index is 4.51. The van der Waals surface area contributed by atoms with Crippen LogP contribution in [0.3, 0.4) is 0 Å². The number of hydrogen-bond acceptors (Lipinski definition) is 2. The minimum atomic E-state index is 0.415. The van der Waals surface area contributed by atoms with Gasteiger partial charge in [0.1, 0.15) is 0 Å². The minimum absolute atomic E-state index is 0.415. The van der Waals surface area contributed by atoms with Crippen LogP contribution in [-0.2, 0) is 6.54 Å². The van der Waals surface area contributed by atoms with Gasteiger partial charge in [-0.1, -0.05) is 28.1 Å².